The zero-order valence-electron chi connectivity index (χ0n) is 9.68. The lowest BCUT2D eigenvalue weighted by molar-refractivity contribution is -0.153. The summed E-state index contributed by atoms with van der Waals surface area (Å²) in [5.41, 5.74) is 0.448. The van der Waals surface area contributed by atoms with Crippen LogP contribution in [0.15, 0.2) is 0 Å². The summed E-state index contributed by atoms with van der Waals surface area (Å²) in [6.45, 7) is 6.87. The Morgan fingerprint density at radius 2 is 2.13 bits per heavy atom. The van der Waals surface area contributed by atoms with Gasteiger partial charge >= 0.3 is 5.97 Å². The first-order valence-corrected chi connectivity index (χ1v) is 6.20. The number of carbonyl (C=O) groups is 1. The molecule has 3 heteroatoms. The number of hydrogen-bond acceptors (Lipinski definition) is 2. The first-order valence-electron chi connectivity index (χ1n) is 5.67. The molecule has 0 aromatic carbocycles. The van der Waals surface area contributed by atoms with Crippen molar-refractivity contribution in [3.63, 3.8) is 0 Å². The molecule has 2 bridgehead atoms. The minimum absolute atomic E-state index is 0.0301. The second-order valence-electron chi connectivity index (χ2n) is 5.72. The molecule has 2 rings (SSSR count). The second-order valence-corrected chi connectivity index (χ2v) is 5.99. The minimum Gasteiger partial charge on any atom is -0.461 e. The molecule has 15 heavy (non-hydrogen) atoms. The van der Waals surface area contributed by atoms with Crippen molar-refractivity contribution in [2.75, 3.05) is 5.88 Å². The molecule has 0 radical (unpaired) electrons. The number of hydrogen-bond donors (Lipinski definition) is 0. The van der Waals surface area contributed by atoms with Crippen molar-refractivity contribution in [2.45, 2.75) is 46.1 Å². The molecule has 0 N–H and O–H groups in total. The highest BCUT2D eigenvalue weighted by atomic mass is 35.5. The Labute approximate surface area is 96.3 Å². The zero-order valence-corrected chi connectivity index (χ0v) is 10.4. The van der Waals surface area contributed by atoms with Crippen molar-refractivity contribution < 1.29 is 9.53 Å². The quantitative estimate of drug-likeness (QED) is 0.539. The molecule has 3 atom stereocenters. The van der Waals surface area contributed by atoms with Crippen LogP contribution in [-0.2, 0) is 9.53 Å². The molecule has 0 heterocycles. The van der Waals surface area contributed by atoms with Gasteiger partial charge in [0, 0.05) is 5.41 Å². The van der Waals surface area contributed by atoms with Crippen molar-refractivity contribution in [2.24, 2.45) is 16.7 Å². The van der Waals surface area contributed by atoms with E-state index in [0.29, 0.717) is 11.3 Å². The first-order chi connectivity index (χ1) is 6.91. The Morgan fingerprint density at radius 1 is 1.47 bits per heavy atom. The fraction of sp³-hybridized carbons (Fsp3) is 0.917. The topological polar surface area (TPSA) is 26.3 Å². The summed E-state index contributed by atoms with van der Waals surface area (Å²) >= 11 is 5.47. The lowest BCUT2D eigenvalue weighted by Crippen LogP contribution is -2.38. The van der Waals surface area contributed by atoms with Gasteiger partial charge in [-0.3, -0.25) is 4.79 Å². The van der Waals surface area contributed by atoms with E-state index in [2.05, 4.69) is 20.8 Å². The van der Waals surface area contributed by atoms with Crippen LogP contribution in [0.4, 0.5) is 0 Å². The molecule has 0 spiro atoms. The lowest BCUT2D eigenvalue weighted by atomic mass is 9.70. The van der Waals surface area contributed by atoms with Gasteiger partial charge in [-0.25, -0.2) is 0 Å². The average Bonchev–Trinajstić information content (AvgIpc) is 2.50. The van der Waals surface area contributed by atoms with Crippen LogP contribution in [0.5, 0.6) is 0 Å². The first kappa shape index (κ1) is 11.3. The van der Waals surface area contributed by atoms with Crippen LogP contribution in [0, 0.1) is 16.7 Å². The zero-order chi connectivity index (χ0) is 11.3. The Balaban J connectivity index is 2.15. The molecule has 2 nitrogen and oxygen atoms in total. The molecule has 2 aliphatic rings. The van der Waals surface area contributed by atoms with Gasteiger partial charge in [0.05, 0.1) is 0 Å². The molecule has 2 aliphatic carbocycles. The number of fused-ring (bicyclic) bond motifs is 2. The van der Waals surface area contributed by atoms with E-state index in [0.717, 1.165) is 6.42 Å². The summed E-state index contributed by atoms with van der Waals surface area (Å²) in [6, 6.07) is 0. The molecule has 2 fully saturated rings. The molecule has 0 amide bonds. The third-order valence-electron chi connectivity index (χ3n) is 5.10. The van der Waals surface area contributed by atoms with Crippen LogP contribution in [0.2, 0.25) is 0 Å². The fourth-order valence-corrected chi connectivity index (χ4v) is 3.56. The van der Waals surface area contributed by atoms with Crippen LogP contribution in [-0.4, -0.2) is 18.0 Å². The van der Waals surface area contributed by atoms with E-state index < -0.39 is 0 Å². The van der Waals surface area contributed by atoms with Gasteiger partial charge in [-0.15, -0.1) is 11.6 Å². The summed E-state index contributed by atoms with van der Waals surface area (Å²) in [7, 11) is 0. The molecule has 0 aromatic heterocycles. The van der Waals surface area contributed by atoms with Gasteiger partial charge in [0.1, 0.15) is 12.0 Å². The van der Waals surface area contributed by atoms with Crippen LogP contribution in [0.1, 0.15) is 40.0 Å². The predicted molar refractivity (Wildman–Crippen MR) is 59.8 cm³/mol. The van der Waals surface area contributed by atoms with E-state index in [1.807, 2.05) is 0 Å². The van der Waals surface area contributed by atoms with Crippen molar-refractivity contribution in [1.82, 2.24) is 0 Å². The van der Waals surface area contributed by atoms with Crippen molar-refractivity contribution in [1.29, 1.82) is 0 Å². The van der Waals surface area contributed by atoms with Gasteiger partial charge < -0.3 is 4.74 Å². The standard InChI is InChI=1S/C12H19ClO2/c1-11(2)8-4-5-12(11,3)9(6-8)15-10(14)7-13/h8-9H,4-7H2,1-3H3/t8?,9?,12-/m0/s1. The maximum Gasteiger partial charge on any atom is 0.321 e. The molecule has 2 saturated carbocycles. The number of carbonyl (C=O) groups excluding carboxylic acids is 1. The Hall–Kier alpha value is -0.240. The minimum atomic E-state index is -0.272. The number of alkyl halides is 1. The Kier molecular flexibility index (Phi) is 2.53. The van der Waals surface area contributed by atoms with Crippen LogP contribution in [0.25, 0.3) is 0 Å². The summed E-state index contributed by atoms with van der Waals surface area (Å²) in [6.07, 6.45) is 3.55. The number of halogens is 1. The molecule has 0 saturated heterocycles. The van der Waals surface area contributed by atoms with Crippen molar-refractivity contribution >= 4 is 17.6 Å². The highest BCUT2D eigenvalue weighted by Crippen LogP contribution is 2.66. The van der Waals surface area contributed by atoms with E-state index in [9.17, 15) is 4.79 Å². The smallest absolute Gasteiger partial charge is 0.321 e. The largest absolute Gasteiger partial charge is 0.461 e. The van der Waals surface area contributed by atoms with E-state index in [1.54, 1.807) is 0 Å². The molecule has 2 unspecified atom stereocenters. The van der Waals surface area contributed by atoms with Gasteiger partial charge in [-0.2, -0.15) is 0 Å². The summed E-state index contributed by atoms with van der Waals surface area (Å²) in [5.74, 6) is 0.402. The highest BCUT2D eigenvalue weighted by molar-refractivity contribution is 6.26. The number of ether oxygens (including phenoxy) is 1. The monoisotopic (exact) mass is 230 g/mol. The molecule has 86 valence electrons. The van der Waals surface area contributed by atoms with Crippen molar-refractivity contribution in [3.05, 3.63) is 0 Å². The van der Waals surface area contributed by atoms with Crippen LogP contribution < -0.4 is 0 Å². The number of esters is 1. The fourth-order valence-electron chi connectivity index (χ4n) is 3.50. The van der Waals surface area contributed by atoms with Gasteiger partial charge in [0.15, 0.2) is 0 Å². The summed E-state index contributed by atoms with van der Waals surface area (Å²) in [4.78, 5) is 11.2. The number of rotatable bonds is 2. The third kappa shape index (κ3) is 1.41. The molecular weight excluding hydrogens is 212 g/mol. The van der Waals surface area contributed by atoms with Gasteiger partial charge in [-0.1, -0.05) is 20.8 Å². The SMILES string of the molecule is CC1(C)C2CC[C@@]1(C)C(OC(=O)CCl)C2. The van der Waals surface area contributed by atoms with Gasteiger partial charge in [0.25, 0.3) is 0 Å². The van der Waals surface area contributed by atoms with Crippen LogP contribution >= 0.6 is 11.6 Å². The maximum absolute atomic E-state index is 11.2. The lowest BCUT2D eigenvalue weighted by Gasteiger charge is -2.38. The summed E-state index contributed by atoms with van der Waals surface area (Å²) in [5, 5.41) is 0. The Bertz CT molecular complexity index is 287. The predicted octanol–water partition coefficient (Wildman–Crippen LogP) is 2.98. The van der Waals surface area contributed by atoms with E-state index >= 15 is 0 Å². The molecule has 0 aliphatic heterocycles. The summed E-state index contributed by atoms with van der Waals surface area (Å²) < 4.78 is 5.46. The maximum atomic E-state index is 11.2. The normalized spacial score (nSPS) is 41.9. The third-order valence-corrected chi connectivity index (χ3v) is 5.31. The van der Waals surface area contributed by atoms with E-state index in [1.165, 1.54) is 12.8 Å². The second kappa shape index (κ2) is 3.38. The molecular formula is C12H19ClO2. The van der Waals surface area contributed by atoms with E-state index in [-0.39, 0.29) is 23.4 Å². The van der Waals surface area contributed by atoms with Gasteiger partial charge in [-0.05, 0) is 30.6 Å². The van der Waals surface area contributed by atoms with Crippen LogP contribution in [0.3, 0.4) is 0 Å². The Morgan fingerprint density at radius 3 is 2.53 bits per heavy atom. The van der Waals surface area contributed by atoms with Crippen molar-refractivity contribution in [3.8, 4) is 0 Å². The van der Waals surface area contributed by atoms with E-state index in [4.69, 9.17) is 16.3 Å². The molecule has 0 aromatic rings. The highest BCUT2D eigenvalue weighted by Gasteiger charge is 2.62. The van der Waals surface area contributed by atoms with Gasteiger partial charge in [0.2, 0.25) is 0 Å². The average molecular weight is 231 g/mol.